The molecule has 0 spiro atoms. The van der Waals surface area contributed by atoms with Gasteiger partial charge in [-0.3, -0.25) is 0 Å². The van der Waals surface area contributed by atoms with E-state index in [1.54, 1.807) is 0 Å². The molecule has 2 nitrogen and oxygen atoms in total. The van der Waals surface area contributed by atoms with E-state index in [1.807, 2.05) is 25.1 Å². The van der Waals surface area contributed by atoms with E-state index in [-0.39, 0.29) is 6.29 Å². The average Bonchev–Trinajstić information content (AvgIpc) is 2.47. The molecule has 0 aliphatic carbocycles. The van der Waals surface area contributed by atoms with E-state index in [1.165, 1.54) is 11.1 Å². The predicted octanol–water partition coefficient (Wildman–Crippen LogP) is 2.94. The standard InChI is InChI=1S/C16H20O2Si/c1-3-13-8-4-5-9-14(13)15-10-6-7-11-16(15)17-12(2)18-19/h4-12H,3H2,1-2,19H3. The van der Waals surface area contributed by atoms with Gasteiger partial charge >= 0.3 is 0 Å². The van der Waals surface area contributed by atoms with Crippen LogP contribution in [0, 0.1) is 0 Å². The Labute approximate surface area is 117 Å². The van der Waals surface area contributed by atoms with Gasteiger partial charge in [-0.1, -0.05) is 49.4 Å². The second kappa shape index (κ2) is 6.54. The first kappa shape index (κ1) is 13.8. The van der Waals surface area contributed by atoms with Crippen molar-refractivity contribution in [2.24, 2.45) is 0 Å². The van der Waals surface area contributed by atoms with Crippen molar-refractivity contribution in [2.45, 2.75) is 26.6 Å². The van der Waals surface area contributed by atoms with E-state index in [0.29, 0.717) is 10.5 Å². The number of hydrogen-bond donors (Lipinski definition) is 0. The van der Waals surface area contributed by atoms with E-state index in [0.717, 1.165) is 17.7 Å². The number of benzene rings is 2. The summed E-state index contributed by atoms with van der Waals surface area (Å²) >= 11 is 0. The molecular weight excluding hydrogens is 252 g/mol. The van der Waals surface area contributed by atoms with Crippen molar-refractivity contribution in [2.75, 3.05) is 0 Å². The van der Waals surface area contributed by atoms with Crippen molar-refractivity contribution < 1.29 is 9.16 Å². The fourth-order valence-corrected chi connectivity index (χ4v) is 2.21. The molecule has 2 aromatic carbocycles. The molecule has 1 unspecified atom stereocenters. The van der Waals surface area contributed by atoms with Gasteiger partial charge in [-0.15, -0.1) is 0 Å². The molecule has 2 aromatic rings. The van der Waals surface area contributed by atoms with Crippen LogP contribution in [0.3, 0.4) is 0 Å². The lowest BCUT2D eigenvalue weighted by Crippen LogP contribution is -2.14. The van der Waals surface area contributed by atoms with Crippen LogP contribution in [0.1, 0.15) is 19.4 Å². The van der Waals surface area contributed by atoms with Gasteiger partial charge in [0.15, 0.2) is 16.8 Å². The first-order valence-electron chi connectivity index (χ1n) is 6.63. The van der Waals surface area contributed by atoms with Gasteiger partial charge in [-0.2, -0.15) is 0 Å². The highest BCUT2D eigenvalue weighted by Gasteiger charge is 2.10. The topological polar surface area (TPSA) is 18.5 Å². The van der Waals surface area contributed by atoms with E-state index < -0.39 is 0 Å². The first-order chi connectivity index (χ1) is 9.26. The van der Waals surface area contributed by atoms with Crippen LogP contribution in [0.15, 0.2) is 48.5 Å². The second-order valence-electron chi connectivity index (χ2n) is 4.43. The van der Waals surface area contributed by atoms with Gasteiger partial charge < -0.3 is 9.16 Å². The molecule has 0 saturated carbocycles. The molecule has 19 heavy (non-hydrogen) atoms. The zero-order valence-corrected chi connectivity index (χ0v) is 13.7. The predicted molar refractivity (Wildman–Crippen MR) is 82.4 cm³/mol. The molecule has 0 saturated heterocycles. The zero-order valence-electron chi connectivity index (χ0n) is 11.7. The van der Waals surface area contributed by atoms with E-state index in [4.69, 9.17) is 9.16 Å². The maximum Gasteiger partial charge on any atom is 0.187 e. The molecule has 2 rings (SSSR count). The Morgan fingerprint density at radius 2 is 1.63 bits per heavy atom. The van der Waals surface area contributed by atoms with Crippen LogP contribution >= 0.6 is 0 Å². The lowest BCUT2D eigenvalue weighted by molar-refractivity contribution is 0.0301. The van der Waals surface area contributed by atoms with E-state index in [2.05, 4.69) is 37.3 Å². The zero-order chi connectivity index (χ0) is 13.7. The third-order valence-electron chi connectivity index (χ3n) is 3.20. The first-order valence-corrected chi connectivity index (χ1v) is 7.44. The average molecular weight is 272 g/mol. The molecule has 0 aliphatic heterocycles. The Morgan fingerprint density at radius 1 is 1.00 bits per heavy atom. The summed E-state index contributed by atoms with van der Waals surface area (Å²) in [5, 5.41) is 0. The minimum absolute atomic E-state index is 0.193. The molecular formula is C16H20O2Si. The summed E-state index contributed by atoms with van der Waals surface area (Å²) in [7, 11) is 0.676. The maximum absolute atomic E-state index is 5.86. The normalized spacial score (nSPS) is 12.3. The number of aryl methyl sites for hydroxylation is 1. The minimum atomic E-state index is -0.193. The van der Waals surface area contributed by atoms with Crippen LogP contribution in [0.4, 0.5) is 0 Å². The highest BCUT2D eigenvalue weighted by atomic mass is 28.2. The summed E-state index contributed by atoms with van der Waals surface area (Å²) < 4.78 is 11.2. The lowest BCUT2D eigenvalue weighted by atomic mass is 9.97. The quantitative estimate of drug-likeness (QED) is 0.615. The van der Waals surface area contributed by atoms with E-state index >= 15 is 0 Å². The molecule has 0 fully saturated rings. The molecule has 0 amide bonds. The van der Waals surface area contributed by atoms with Crippen molar-refractivity contribution in [3.63, 3.8) is 0 Å². The fraction of sp³-hybridized carbons (Fsp3) is 0.250. The Hall–Kier alpha value is -1.58. The van der Waals surface area contributed by atoms with Crippen LogP contribution in [-0.4, -0.2) is 16.8 Å². The van der Waals surface area contributed by atoms with Gasteiger partial charge in [0.1, 0.15) is 5.75 Å². The molecule has 0 aliphatic rings. The second-order valence-corrected chi connectivity index (χ2v) is 4.90. The highest BCUT2D eigenvalue weighted by molar-refractivity contribution is 5.98. The summed E-state index contributed by atoms with van der Waals surface area (Å²) in [6.45, 7) is 4.10. The molecule has 100 valence electrons. The third-order valence-corrected chi connectivity index (χ3v) is 3.86. The molecule has 0 radical (unpaired) electrons. The third kappa shape index (κ3) is 3.25. The largest absolute Gasteiger partial charge is 0.466 e. The van der Waals surface area contributed by atoms with Crippen LogP contribution in [0.2, 0.25) is 0 Å². The van der Waals surface area contributed by atoms with E-state index in [9.17, 15) is 0 Å². The van der Waals surface area contributed by atoms with Gasteiger partial charge in [0.05, 0.1) is 0 Å². The number of para-hydroxylation sites is 1. The summed E-state index contributed by atoms with van der Waals surface area (Å²) in [5.41, 5.74) is 3.70. The van der Waals surface area contributed by atoms with Crippen molar-refractivity contribution in [3.8, 4) is 16.9 Å². The van der Waals surface area contributed by atoms with Crippen LogP contribution in [-0.2, 0) is 10.8 Å². The minimum Gasteiger partial charge on any atom is -0.466 e. The smallest absolute Gasteiger partial charge is 0.187 e. The van der Waals surface area contributed by atoms with Crippen LogP contribution in [0.5, 0.6) is 5.75 Å². The summed E-state index contributed by atoms with van der Waals surface area (Å²) in [6, 6.07) is 16.6. The number of hydrogen-bond acceptors (Lipinski definition) is 2. The van der Waals surface area contributed by atoms with Crippen molar-refractivity contribution in [3.05, 3.63) is 54.1 Å². The number of ether oxygens (including phenoxy) is 1. The molecule has 0 N–H and O–H groups in total. The lowest BCUT2D eigenvalue weighted by Gasteiger charge is -2.17. The Kier molecular flexibility index (Phi) is 4.77. The van der Waals surface area contributed by atoms with Crippen LogP contribution < -0.4 is 4.74 Å². The Morgan fingerprint density at radius 3 is 2.32 bits per heavy atom. The van der Waals surface area contributed by atoms with Gasteiger partial charge in [-0.05, 0) is 30.5 Å². The summed E-state index contributed by atoms with van der Waals surface area (Å²) in [6.07, 6.45) is 0.818. The van der Waals surface area contributed by atoms with Crippen molar-refractivity contribution in [1.29, 1.82) is 0 Å². The molecule has 0 heterocycles. The Bertz CT molecular complexity index is 540. The fourth-order valence-electron chi connectivity index (χ4n) is 2.11. The van der Waals surface area contributed by atoms with Gasteiger partial charge in [0, 0.05) is 5.56 Å². The molecule has 0 bridgehead atoms. The molecule has 3 heteroatoms. The van der Waals surface area contributed by atoms with Crippen molar-refractivity contribution in [1.82, 2.24) is 0 Å². The monoisotopic (exact) mass is 272 g/mol. The van der Waals surface area contributed by atoms with Gasteiger partial charge in [0.2, 0.25) is 0 Å². The highest BCUT2D eigenvalue weighted by Crippen LogP contribution is 2.33. The molecule has 0 aromatic heterocycles. The van der Waals surface area contributed by atoms with Gasteiger partial charge in [0.25, 0.3) is 0 Å². The maximum atomic E-state index is 5.86. The Balaban J connectivity index is 2.44. The number of rotatable bonds is 5. The summed E-state index contributed by atoms with van der Waals surface area (Å²) in [5.74, 6) is 0.881. The van der Waals surface area contributed by atoms with Gasteiger partial charge in [-0.25, -0.2) is 0 Å². The van der Waals surface area contributed by atoms with Crippen molar-refractivity contribution >= 4 is 10.5 Å². The SMILES string of the molecule is CCc1ccccc1-c1ccccc1OC(C)O[SiH3]. The summed E-state index contributed by atoms with van der Waals surface area (Å²) in [4.78, 5) is 0. The molecule has 1 atom stereocenters. The van der Waals surface area contributed by atoms with Crippen LogP contribution in [0.25, 0.3) is 11.1 Å².